The second kappa shape index (κ2) is 9.87. The number of aryl methyl sites for hydroxylation is 2. The summed E-state index contributed by atoms with van der Waals surface area (Å²) in [5, 5.41) is 3.46. The number of thiazole rings is 1. The Labute approximate surface area is 234 Å². The maximum absolute atomic E-state index is 6.42. The summed E-state index contributed by atoms with van der Waals surface area (Å²) in [7, 11) is 0. The standard InChI is InChI=1S/C33H35N2OS2/c1-6-34-27-19-25(29-9-8-14-37-29)11-13-28(27)36-31(34)17-23-16-24(21-33(4,5)20-23)18-32-35(7-2)26-12-10-22(3)15-30(26)38-32/h8-19H,6-7,20-21H2,1-5H3/q+1. The molecule has 0 fully saturated rings. The lowest BCUT2D eigenvalue weighted by molar-refractivity contribution is -0.665. The first-order chi connectivity index (χ1) is 18.3. The van der Waals surface area contributed by atoms with Crippen molar-refractivity contribution in [2.75, 3.05) is 11.4 Å². The molecule has 2 aromatic heterocycles. The number of ether oxygens (including phenoxy) is 1. The number of thiophene rings is 1. The van der Waals surface area contributed by atoms with Gasteiger partial charge in [-0.25, -0.2) is 0 Å². The Morgan fingerprint density at radius 3 is 2.68 bits per heavy atom. The van der Waals surface area contributed by atoms with Crippen LogP contribution in [-0.2, 0) is 6.54 Å². The zero-order chi connectivity index (χ0) is 26.4. The highest BCUT2D eigenvalue weighted by molar-refractivity contribution is 7.18. The molecule has 2 aromatic carbocycles. The van der Waals surface area contributed by atoms with Gasteiger partial charge in [0.25, 0.3) is 5.01 Å². The van der Waals surface area contributed by atoms with Gasteiger partial charge in [-0.15, -0.1) is 11.3 Å². The zero-order valence-electron chi connectivity index (χ0n) is 22.9. The van der Waals surface area contributed by atoms with Crippen LogP contribution in [0.3, 0.4) is 0 Å². The van der Waals surface area contributed by atoms with Crippen molar-refractivity contribution in [2.24, 2.45) is 5.41 Å². The first kappa shape index (κ1) is 25.1. The van der Waals surface area contributed by atoms with Crippen LogP contribution in [-0.4, -0.2) is 6.54 Å². The van der Waals surface area contributed by atoms with Gasteiger partial charge in [-0.05, 0) is 97.0 Å². The predicted molar refractivity (Wildman–Crippen MR) is 163 cm³/mol. The van der Waals surface area contributed by atoms with E-state index in [-0.39, 0.29) is 5.41 Å². The SMILES string of the molecule is CCN1/C(=C/C2=CC(=C/c3sc4cc(C)ccc4[n+]3CC)/CC(C)(C)C2)Oc2ccc(-c3cccs3)cc21. The van der Waals surface area contributed by atoms with E-state index in [1.54, 1.807) is 11.3 Å². The zero-order valence-corrected chi connectivity index (χ0v) is 24.5. The Hall–Kier alpha value is -3.15. The second-order valence-corrected chi connectivity index (χ2v) is 13.1. The van der Waals surface area contributed by atoms with Crippen molar-refractivity contribution >= 4 is 44.7 Å². The van der Waals surface area contributed by atoms with E-state index >= 15 is 0 Å². The van der Waals surface area contributed by atoms with Crippen LogP contribution >= 0.6 is 22.7 Å². The number of aromatic nitrogens is 1. The molecule has 0 unspecified atom stereocenters. The minimum absolute atomic E-state index is 0.187. The van der Waals surface area contributed by atoms with Crippen molar-refractivity contribution in [2.45, 2.75) is 54.0 Å². The average molecular weight is 540 g/mol. The highest BCUT2D eigenvalue weighted by atomic mass is 32.1. The normalized spacial score (nSPS) is 18.8. The number of hydrogen-bond acceptors (Lipinski definition) is 4. The van der Waals surface area contributed by atoms with E-state index in [0.29, 0.717) is 0 Å². The topological polar surface area (TPSA) is 16.4 Å². The smallest absolute Gasteiger partial charge is 0.263 e. The third-order valence-corrected chi connectivity index (χ3v) is 9.42. The van der Waals surface area contributed by atoms with Crippen LogP contribution in [0.4, 0.5) is 5.69 Å². The Balaban J connectivity index is 1.36. The highest BCUT2D eigenvalue weighted by Gasteiger charge is 2.30. The molecule has 38 heavy (non-hydrogen) atoms. The maximum atomic E-state index is 6.42. The molecule has 0 bridgehead atoms. The van der Waals surface area contributed by atoms with E-state index < -0.39 is 0 Å². The van der Waals surface area contributed by atoms with Crippen molar-refractivity contribution in [1.82, 2.24) is 0 Å². The van der Waals surface area contributed by atoms with E-state index in [1.807, 2.05) is 11.3 Å². The molecule has 0 saturated carbocycles. The summed E-state index contributed by atoms with van der Waals surface area (Å²) in [6.45, 7) is 13.2. The van der Waals surface area contributed by atoms with Gasteiger partial charge in [-0.1, -0.05) is 43.4 Å². The molecular formula is C33H35N2OS2+. The average Bonchev–Trinajstić information content (AvgIpc) is 3.59. The summed E-state index contributed by atoms with van der Waals surface area (Å²) in [6, 6.07) is 17.6. The van der Waals surface area contributed by atoms with Gasteiger partial charge in [-0.2, -0.15) is 4.57 Å². The van der Waals surface area contributed by atoms with Crippen molar-refractivity contribution in [1.29, 1.82) is 0 Å². The summed E-state index contributed by atoms with van der Waals surface area (Å²) in [6.07, 6.45) is 9.18. The second-order valence-electron chi connectivity index (χ2n) is 11.1. The van der Waals surface area contributed by atoms with Gasteiger partial charge in [0.05, 0.1) is 5.69 Å². The fourth-order valence-corrected chi connectivity index (χ4v) is 7.81. The van der Waals surface area contributed by atoms with Gasteiger partial charge in [0, 0.05) is 29.6 Å². The highest BCUT2D eigenvalue weighted by Crippen LogP contribution is 2.44. The van der Waals surface area contributed by atoms with Gasteiger partial charge in [-0.3, -0.25) is 0 Å². The molecule has 1 aliphatic carbocycles. The molecule has 194 valence electrons. The molecule has 0 saturated heterocycles. The van der Waals surface area contributed by atoms with Crippen LogP contribution in [0.15, 0.2) is 83.1 Å². The van der Waals surface area contributed by atoms with Crippen LogP contribution in [0.2, 0.25) is 0 Å². The third-order valence-electron chi connectivity index (χ3n) is 7.41. The van der Waals surface area contributed by atoms with Crippen molar-refractivity contribution in [3.05, 3.63) is 93.7 Å². The molecule has 0 atom stereocenters. The quantitative estimate of drug-likeness (QED) is 0.235. The van der Waals surface area contributed by atoms with E-state index in [2.05, 4.69) is 116 Å². The number of allylic oxidation sites excluding steroid dienone is 4. The molecule has 1 aliphatic heterocycles. The van der Waals surface area contributed by atoms with E-state index in [4.69, 9.17) is 4.74 Å². The van der Waals surface area contributed by atoms with Gasteiger partial charge < -0.3 is 9.64 Å². The van der Waals surface area contributed by atoms with Gasteiger partial charge in [0.1, 0.15) is 11.2 Å². The van der Waals surface area contributed by atoms with E-state index in [9.17, 15) is 0 Å². The Morgan fingerprint density at radius 2 is 1.92 bits per heavy atom. The van der Waals surface area contributed by atoms with Crippen LogP contribution in [0.25, 0.3) is 26.7 Å². The summed E-state index contributed by atoms with van der Waals surface area (Å²) < 4.78 is 10.2. The number of benzene rings is 2. The van der Waals surface area contributed by atoms with Gasteiger partial charge in [0.15, 0.2) is 5.75 Å². The lowest BCUT2D eigenvalue weighted by Crippen LogP contribution is -2.33. The summed E-state index contributed by atoms with van der Waals surface area (Å²) in [4.78, 5) is 3.59. The first-order valence-electron chi connectivity index (χ1n) is 13.5. The molecule has 0 amide bonds. The summed E-state index contributed by atoms with van der Waals surface area (Å²) in [5.74, 6) is 1.87. The largest absolute Gasteiger partial charge is 0.439 e. The molecule has 0 radical (unpaired) electrons. The van der Waals surface area contributed by atoms with Crippen molar-refractivity contribution in [3.63, 3.8) is 0 Å². The fourth-order valence-electron chi connectivity index (χ4n) is 5.79. The first-order valence-corrected chi connectivity index (χ1v) is 15.2. The Morgan fingerprint density at radius 1 is 1.05 bits per heavy atom. The van der Waals surface area contributed by atoms with Crippen LogP contribution in [0, 0.1) is 12.3 Å². The van der Waals surface area contributed by atoms with Gasteiger partial charge in [0.2, 0.25) is 11.4 Å². The Bertz CT molecular complexity index is 1600. The number of rotatable bonds is 5. The van der Waals surface area contributed by atoms with Crippen LogP contribution < -0.4 is 14.2 Å². The summed E-state index contributed by atoms with van der Waals surface area (Å²) in [5.41, 5.74) is 7.94. The summed E-state index contributed by atoms with van der Waals surface area (Å²) >= 11 is 3.67. The molecule has 3 nitrogen and oxygen atoms in total. The molecule has 0 N–H and O–H groups in total. The van der Waals surface area contributed by atoms with Crippen molar-refractivity contribution in [3.8, 4) is 16.2 Å². The fraction of sp³-hybridized carbons (Fsp3) is 0.303. The Kier molecular flexibility index (Phi) is 6.53. The van der Waals surface area contributed by atoms with Crippen LogP contribution in [0.5, 0.6) is 5.75 Å². The lowest BCUT2D eigenvalue weighted by Gasteiger charge is -2.30. The molecule has 2 aliphatic rings. The van der Waals surface area contributed by atoms with E-state index in [1.165, 1.54) is 42.4 Å². The van der Waals surface area contributed by atoms with Gasteiger partial charge >= 0.3 is 0 Å². The van der Waals surface area contributed by atoms with Crippen molar-refractivity contribution < 1.29 is 9.30 Å². The maximum Gasteiger partial charge on any atom is 0.263 e. The molecule has 6 rings (SSSR count). The number of nitrogens with zero attached hydrogens (tertiary/aromatic N) is 2. The molecule has 4 aromatic rings. The molecule has 0 spiro atoms. The number of hydrogen-bond donors (Lipinski definition) is 0. The predicted octanol–water partition coefficient (Wildman–Crippen LogP) is 9.14. The lowest BCUT2D eigenvalue weighted by atomic mass is 9.75. The van der Waals surface area contributed by atoms with E-state index in [0.717, 1.165) is 43.3 Å². The number of anilines is 1. The van der Waals surface area contributed by atoms with Crippen LogP contribution in [0.1, 0.15) is 51.1 Å². The minimum atomic E-state index is 0.187. The third kappa shape index (κ3) is 4.74. The minimum Gasteiger partial charge on any atom is -0.439 e. The molecule has 3 heterocycles. The monoisotopic (exact) mass is 539 g/mol. The molecule has 5 heteroatoms. The number of fused-ring (bicyclic) bond motifs is 2. The molecular weight excluding hydrogens is 505 g/mol.